The van der Waals surface area contributed by atoms with E-state index in [-0.39, 0.29) is 0 Å². The quantitative estimate of drug-likeness (QED) is 0.843. The molecule has 1 fully saturated rings. The Balaban J connectivity index is 1.61. The van der Waals surface area contributed by atoms with Gasteiger partial charge in [0.1, 0.15) is 0 Å². The highest BCUT2D eigenvalue weighted by Gasteiger charge is 2.27. The van der Waals surface area contributed by atoms with E-state index in [1.807, 2.05) is 6.07 Å². The monoisotopic (exact) mass is 219 g/mol. The Morgan fingerprint density at radius 2 is 2.06 bits per heavy atom. The summed E-state index contributed by atoms with van der Waals surface area (Å²) in [6, 6.07) is 6.54. The number of nitrogens with two attached hydrogens (primary N) is 1. The zero-order valence-electron chi connectivity index (χ0n) is 9.32. The molecule has 1 aromatic rings. The van der Waals surface area contributed by atoms with E-state index >= 15 is 0 Å². The van der Waals surface area contributed by atoms with Gasteiger partial charge < -0.3 is 15.2 Å². The summed E-state index contributed by atoms with van der Waals surface area (Å²) in [7, 11) is 0. The van der Waals surface area contributed by atoms with Crippen molar-refractivity contribution in [3.8, 4) is 11.5 Å². The molecule has 0 saturated heterocycles. The van der Waals surface area contributed by atoms with Crippen LogP contribution in [0, 0.1) is 5.92 Å². The lowest BCUT2D eigenvalue weighted by molar-refractivity contribution is 0.174. The first-order valence-corrected chi connectivity index (χ1v) is 5.97. The van der Waals surface area contributed by atoms with E-state index in [9.17, 15) is 0 Å². The van der Waals surface area contributed by atoms with Gasteiger partial charge in [-0.25, -0.2) is 0 Å². The van der Waals surface area contributed by atoms with Crippen LogP contribution in [0.1, 0.15) is 24.8 Å². The maximum atomic E-state index is 6.08. The van der Waals surface area contributed by atoms with E-state index < -0.39 is 0 Å². The highest BCUT2D eigenvalue weighted by atomic mass is 16.7. The van der Waals surface area contributed by atoms with E-state index in [0.717, 1.165) is 30.3 Å². The second kappa shape index (κ2) is 3.98. The van der Waals surface area contributed by atoms with Crippen molar-refractivity contribution in [2.24, 2.45) is 11.7 Å². The molecule has 1 atom stereocenters. The summed E-state index contributed by atoms with van der Waals surface area (Å²) >= 11 is 0. The van der Waals surface area contributed by atoms with Crippen LogP contribution in [0.25, 0.3) is 0 Å². The third kappa shape index (κ3) is 2.00. The van der Waals surface area contributed by atoms with Crippen molar-refractivity contribution < 1.29 is 9.47 Å². The van der Waals surface area contributed by atoms with Crippen LogP contribution in [0.3, 0.4) is 0 Å². The normalized spacial score (nSPS) is 19.8. The van der Waals surface area contributed by atoms with Crippen LogP contribution < -0.4 is 15.2 Å². The maximum absolute atomic E-state index is 6.08. The van der Waals surface area contributed by atoms with E-state index in [2.05, 4.69) is 12.1 Å². The van der Waals surface area contributed by atoms with Gasteiger partial charge in [-0.15, -0.1) is 0 Å². The summed E-state index contributed by atoms with van der Waals surface area (Å²) in [6.07, 6.45) is 4.75. The summed E-state index contributed by atoms with van der Waals surface area (Å²) in [5, 5.41) is 0. The van der Waals surface area contributed by atoms with Gasteiger partial charge in [-0.2, -0.15) is 0 Å². The van der Waals surface area contributed by atoms with Crippen LogP contribution in [0.2, 0.25) is 0 Å². The molecule has 1 aliphatic heterocycles. The summed E-state index contributed by atoms with van der Waals surface area (Å²) in [6.45, 7) is 0.348. The van der Waals surface area contributed by atoms with Crippen LogP contribution >= 0.6 is 0 Å². The molecule has 0 aromatic heterocycles. The van der Waals surface area contributed by atoms with Gasteiger partial charge in [0.25, 0.3) is 0 Å². The summed E-state index contributed by atoms with van der Waals surface area (Å²) in [5.41, 5.74) is 7.38. The number of hydrogen-bond donors (Lipinski definition) is 1. The molecule has 0 radical (unpaired) electrons. The Labute approximate surface area is 95.5 Å². The second-order valence-corrected chi connectivity index (χ2v) is 4.73. The number of ether oxygens (including phenoxy) is 2. The van der Waals surface area contributed by atoms with Crippen LogP contribution in [0.15, 0.2) is 18.2 Å². The van der Waals surface area contributed by atoms with Gasteiger partial charge >= 0.3 is 0 Å². The van der Waals surface area contributed by atoms with Crippen molar-refractivity contribution in [3.05, 3.63) is 23.8 Å². The van der Waals surface area contributed by atoms with Gasteiger partial charge in [-0.1, -0.05) is 6.07 Å². The Morgan fingerprint density at radius 3 is 2.88 bits per heavy atom. The number of benzene rings is 1. The molecule has 1 aliphatic carbocycles. The van der Waals surface area contributed by atoms with Crippen molar-refractivity contribution in [1.82, 2.24) is 0 Å². The van der Waals surface area contributed by atoms with Gasteiger partial charge in [0.05, 0.1) is 0 Å². The van der Waals surface area contributed by atoms with E-state index in [1.54, 1.807) is 0 Å². The first-order valence-electron chi connectivity index (χ1n) is 5.97. The minimum Gasteiger partial charge on any atom is -0.454 e. The van der Waals surface area contributed by atoms with Gasteiger partial charge in [-0.05, 0) is 49.3 Å². The fourth-order valence-electron chi connectivity index (χ4n) is 2.19. The molecule has 0 bridgehead atoms. The fourth-order valence-corrected chi connectivity index (χ4v) is 2.19. The summed E-state index contributed by atoms with van der Waals surface area (Å²) in [4.78, 5) is 0. The van der Waals surface area contributed by atoms with Crippen molar-refractivity contribution in [3.63, 3.8) is 0 Å². The molecule has 16 heavy (non-hydrogen) atoms. The van der Waals surface area contributed by atoms with E-state index in [4.69, 9.17) is 15.2 Å². The lowest BCUT2D eigenvalue weighted by Crippen LogP contribution is -2.22. The lowest BCUT2D eigenvalue weighted by atomic mass is 10.0. The largest absolute Gasteiger partial charge is 0.454 e. The molecule has 1 heterocycles. The Bertz CT molecular complexity index is 388. The SMILES string of the molecule is NC(CCc1ccc2c(c1)OCO2)C1CC1. The number of hydrogen-bond acceptors (Lipinski definition) is 3. The van der Waals surface area contributed by atoms with Crippen LogP contribution in [-0.4, -0.2) is 12.8 Å². The third-order valence-corrected chi connectivity index (χ3v) is 3.43. The first-order chi connectivity index (χ1) is 7.83. The lowest BCUT2D eigenvalue weighted by Gasteiger charge is -2.09. The average Bonchev–Trinajstić information content (AvgIpc) is 3.04. The van der Waals surface area contributed by atoms with Gasteiger partial charge in [-0.3, -0.25) is 0 Å². The van der Waals surface area contributed by atoms with E-state index in [0.29, 0.717) is 12.8 Å². The summed E-state index contributed by atoms with van der Waals surface area (Å²) < 4.78 is 10.6. The molecule has 1 unspecified atom stereocenters. The van der Waals surface area contributed by atoms with Crippen molar-refractivity contribution in [2.75, 3.05) is 6.79 Å². The van der Waals surface area contributed by atoms with Gasteiger partial charge in [0.2, 0.25) is 6.79 Å². The van der Waals surface area contributed by atoms with Crippen molar-refractivity contribution in [2.45, 2.75) is 31.7 Å². The zero-order valence-corrected chi connectivity index (χ0v) is 9.32. The number of rotatable bonds is 4. The van der Waals surface area contributed by atoms with Crippen LogP contribution in [-0.2, 0) is 6.42 Å². The molecule has 3 heteroatoms. The molecule has 86 valence electrons. The molecule has 0 amide bonds. The molecule has 1 aromatic carbocycles. The molecule has 1 saturated carbocycles. The number of fused-ring (bicyclic) bond motifs is 1. The molecule has 2 N–H and O–H groups in total. The molecule has 2 aliphatic rings. The van der Waals surface area contributed by atoms with Crippen molar-refractivity contribution >= 4 is 0 Å². The fraction of sp³-hybridized carbons (Fsp3) is 0.538. The van der Waals surface area contributed by atoms with E-state index in [1.165, 1.54) is 18.4 Å². The smallest absolute Gasteiger partial charge is 0.231 e. The van der Waals surface area contributed by atoms with Crippen molar-refractivity contribution in [1.29, 1.82) is 0 Å². The third-order valence-electron chi connectivity index (χ3n) is 3.43. The van der Waals surface area contributed by atoms with Gasteiger partial charge in [0.15, 0.2) is 11.5 Å². The predicted molar refractivity (Wildman–Crippen MR) is 61.6 cm³/mol. The first kappa shape index (κ1) is 9.97. The summed E-state index contributed by atoms with van der Waals surface area (Å²) in [5.74, 6) is 2.52. The molecular weight excluding hydrogens is 202 g/mol. The predicted octanol–water partition coefficient (Wildman–Crippen LogP) is 2.09. The zero-order chi connectivity index (χ0) is 11.0. The average molecular weight is 219 g/mol. The Kier molecular flexibility index (Phi) is 2.48. The maximum Gasteiger partial charge on any atom is 0.231 e. The minimum absolute atomic E-state index is 0.348. The Hall–Kier alpha value is -1.22. The highest BCUT2D eigenvalue weighted by Crippen LogP contribution is 2.35. The standard InChI is InChI=1S/C13H17NO2/c14-11(10-3-4-10)5-1-9-2-6-12-13(7-9)16-8-15-12/h2,6-7,10-11H,1,3-5,8,14H2. The van der Waals surface area contributed by atoms with Crippen LogP contribution in [0.5, 0.6) is 11.5 Å². The minimum atomic E-state index is 0.348. The van der Waals surface area contributed by atoms with Crippen LogP contribution in [0.4, 0.5) is 0 Å². The molecular formula is C13H17NO2. The topological polar surface area (TPSA) is 44.5 Å². The Morgan fingerprint density at radius 1 is 1.25 bits per heavy atom. The second-order valence-electron chi connectivity index (χ2n) is 4.73. The van der Waals surface area contributed by atoms with Gasteiger partial charge in [0, 0.05) is 6.04 Å². The molecule has 3 rings (SSSR count). The highest BCUT2D eigenvalue weighted by molar-refractivity contribution is 5.44. The number of aryl methyl sites for hydroxylation is 1. The molecule has 0 spiro atoms. The molecule has 3 nitrogen and oxygen atoms in total.